The second kappa shape index (κ2) is 7.22. The zero-order chi connectivity index (χ0) is 21.6. The van der Waals surface area contributed by atoms with Crippen molar-refractivity contribution in [2.24, 2.45) is 16.7 Å². The number of hydrogen-bond acceptors (Lipinski definition) is 4. The van der Waals surface area contributed by atoms with Gasteiger partial charge in [-0.1, -0.05) is 39.0 Å². The summed E-state index contributed by atoms with van der Waals surface area (Å²) in [5, 5.41) is 0. The molecular weight excluding hydrogens is 388 g/mol. The minimum absolute atomic E-state index is 0.0293. The third kappa shape index (κ3) is 3.07. The summed E-state index contributed by atoms with van der Waals surface area (Å²) < 4.78 is 27.4. The standard InChI is InChI=1S/C22H28N2O4S/c1-6-13-23(14-7-2)29(27,28)17-10-8-9-16(15-17)24-19(25)18-11-12-22(5,20(24)26)21(18,3)4/h6-10,15,18H,1-2,11-14H2,3-5H3/t18-,22+/m1/s1. The number of imide groups is 1. The molecular formula is C22H28N2O4S. The second-order valence-corrected chi connectivity index (χ2v) is 10.5. The van der Waals surface area contributed by atoms with Gasteiger partial charge in [0.05, 0.1) is 16.0 Å². The van der Waals surface area contributed by atoms with E-state index in [9.17, 15) is 18.0 Å². The van der Waals surface area contributed by atoms with Crippen LogP contribution in [0.5, 0.6) is 0 Å². The number of anilines is 1. The Hall–Kier alpha value is -2.25. The van der Waals surface area contributed by atoms with Gasteiger partial charge in [0.2, 0.25) is 21.8 Å². The molecule has 1 aliphatic carbocycles. The third-order valence-corrected chi connectivity index (χ3v) is 8.63. The van der Waals surface area contributed by atoms with Gasteiger partial charge in [0.1, 0.15) is 0 Å². The SMILES string of the molecule is C=CCN(CC=C)S(=O)(=O)c1cccc(N2C(=O)[C@H]3CC[C@@](C)(C2=O)C3(C)C)c1. The van der Waals surface area contributed by atoms with Crippen LogP contribution < -0.4 is 4.90 Å². The van der Waals surface area contributed by atoms with Crippen molar-refractivity contribution in [2.75, 3.05) is 18.0 Å². The molecule has 156 valence electrons. The summed E-state index contributed by atoms with van der Waals surface area (Å²) in [6, 6.07) is 6.05. The highest BCUT2D eigenvalue weighted by Gasteiger charge is 2.64. The minimum atomic E-state index is -3.83. The molecule has 1 heterocycles. The van der Waals surface area contributed by atoms with Crippen molar-refractivity contribution in [3.63, 3.8) is 0 Å². The van der Waals surface area contributed by atoms with Crippen molar-refractivity contribution in [3.05, 3.63) is 49.6 Å². The van der Waals surface area contributed by atoms with E-state index in [0.29, 0.717) is 18.5 Å². The number of piperidine rings is 1. The van der Waals surface area contributed by atoms with Gasteiger partial charge in [0, 0.05) is 19.0 Å². The minimum Gasteiger partial charge on any atom is -0.274 e. The molecule has 2 aliphatic rings. The van der Waals surface area contributed by atoms with Crippen molar-refractivity contribution in [1.29, 1.82) is 0 Å². The lowest BCUT2D eigenvalue weighted by Gasteiger charge is -2.47. The topological polar surface area (TPSA) is 74.8 Å². The van der Waals surface area contributed by atoms with Crippen molar-refractivity contribution in [2.45, 2.75) is 38.5 Å². The number of nitrogens with zero attached hydrogens (tertiary/aromatic N) is 2. The molecule has 1 aromatic carbocycles. The fourth-order valence-corrected chi connectivity index (χ4v) is 5.98. The van der Waals surface area contributed by atoms with Gasteiger partial charge in [-0.15, -0.1) is 13.2 Å². The molecule has 6 nitrogen and oxygen atoms in total. The molecule has 2 atom stereocenters. The van der Waals surface area contributed by atoms with Crippen LogP contribution in [0.2, 0.25) is 0 Å². The van der Waals surface area contributed by atoms with Gasteiger partial charge in [0.25, 0.3) is 0 Å². The Balaban J connectivity index is 2.04. The smallest absolute Gasteiger partial charge is 0.243 e. The van der Waals surface area contributed by atoms with Crippen LogP contribution in [0.1, 0.15) is 33.6 Å². The molecule has 0 radical (unpaired) electrons. The molecule has 0 aromatic heterocycles. The van der Waals surface area contributed by atoms with E-state index in [1.165, 1.54) is 33.5 Å². The van der Waals surface area contributed by atoms with E-state index in [1.807, 2.05) is 20.8 Å². The highest BCUT2D eigenvalue weighted by Crippen LogP contribution is 2.60. The number of carbonyl (C=O) groups is 2. The van der Waals surface area contributed by atoms with Gasteiger partial charge >= 0.3 is 0 Å². The van der Waals surface area contributed by atoms with Crippen molar-refractivity contribution >= 4 is 27.5 Å². The largest absolute Gasteiger partial charge is 0.274 e. The summed E-state index contributed by atoms with van der Waals surface area (Å²) in [7, 11) is -3.83. The average Bonchev–Trinajstić information content (AvgIpc) is 2.85. The van der Waals surface area contributed by atoms with Gasteiger partial charge in [-0.05, 0) is 36.5 Å². The zero-order valence-electron chi connectivity index (χ0n) is 17.2. The number of hydrogen-bond donors (Lipinski definition) is 0. The molecule has 0 unspecified atom stereocenters. The number of rotatable bonds is 7. The van der Waals surface area contributed by atoms with Crippen LogP contribution in [-0.2, 0) is 19.6 Å². The maximum Gasteiger partial charge on any atom is 0.243 e. The Bertz CT molecular complexity index is 972. The second-order valence-electron chi connectivity index (χ2n) is 8.52. The van der Waals surface area contributed by atoms with Crippen LogP contribution >= 0.6 is 0 Å². The van der Waals surface area contributed by atoms with Gasteiger partial charge < -0.3 is 0 Å². The molecule has 0 spiro atoms. The van der Waals surface area contributed by atoms with E-state index in [-0.39, 0.29) is 35.7 Å². The lowest BCUT2D eigenvalue weighted by atomic mass is 9.62. The number of carbonyl (C=O) groups excluding carboxylic acids is 2. The fourth-order valence-electron chi connectivity index (χ4n) is 4.55. The van der Waals surface area contributed by atoms with Crippen LogP contribution in [0, 0.1) is 16.7 Å². The van der Waals surface area contributed by atoms with Crippen molar-refractivity contribution in [1.82, 2.24) is 4.31 Å². The van der Waals surface area contributed by atoms with Crippen molar-refractivity contribution in [3.8, 4) is 0 Å². The Kier molecular flexibility index (Phi) is 5.34. The molecule has 2 fully saturated rings. The lowest BCUT2D eigenvalue weighted by Crippen LogP contribution is -2.59. The quantitative estimate of drug-likeness (QED) is 0.505. The maximum atomic E-state index is 13.4. The van der Waals surface area contributed by atoms with Crippen LogP contribution in [0.15, 0.2) is 54.5 Å². The number of fused-ring (bicyclic) bond motifs is 2. The summed E-state index contributed by atoms with van der Waals surface area (Å²) in [5.74, 6) is -0.771. The molecule has 29 heavy (non-hydrogen) atoms. The van der Waals surface area contributed by atoms with E-state index in [2.05, 4.69) is 13.2 Å². The summed E-state index contributed by atoms with van der Waals surface area (Å²) in [4.78, 5) is 27.7. The lowest BCUT2D eigenvalue weighted by molar-refractivity contribution is -0.146. The van der Waals surface area contributed by atoms with Crippen molar-refractivity contribution < 1.29 is 18.0 Å². The first-order chi connectivity index (χ1) is 13.5. The van der Waals surface area contributed by atoms with E-state index in [4.69, 9.17) is 0 Å². The first-order valence-electron chi connectivity index (χ1n) is 9.73. The Morgan fingerprint density at radius 2 is 1.79 bits per heavy atom. The fraction of sp³-hybridized carbons (Fsp3) is 0.455. The van der Waals surface area contributed by atoms with E-state index in [0.717, 1.165) is 0 Å². The third-order valence-electron chi connectivity index (χ3n) is 6.80. The highest BCUT2D eigenvalue weighted by atomic mass is 32.2. The van der Waals surface area contributed by atoms with Gasteiger partial charge in [-0.3, -0.25) is 9.59 Å². The predicted molar refractivity (Wildman–Crippen MR) is 113 cm³/mol. The van der Waals surface area contributed by atoms with Gasteiger partial charge in [-0.25, -0.2) is 13.3 Å². The van der Waals surface area contributed by atoms with E-state index < -0.39 is 20.9 Å². The molecule has 7 heteroatoms. The summed E-state index contributed by atoms with van der Waals surface area (Å²) in [6.45, 7) is 13.3. The average molecular weight is 417 g/mol. The summed E-state index contributed by atoms with van der Waals surface area (Å²) in [5.41, 5.74) is -0.781. The summed E-state index contributed by atoms with van der Waals surface area (Å²) >= 11 is 0. The van der Waals surface area contributed by atoms with E-state index >= 15 is 0 Å². The Labute approximate surface area is 172 Å². The van der Waals surface area contributed by atoms with Crippen LogP contribution in [0.3, 0.4) is 0 Å². The number of amides is 2. The molecule has 0 N–H and O–H groups in total. The molecule has 3 rings (SSSR count). The van der Waals surface area contributed by atoms with Crippen LogP contribution in [-0.4, -0.2) is 37.6 Å². The molecule has 1 saturated heterocycles. The predicted octanol–water partition coefficient (Wildman–Crippen LogP) is 3.37. The maximum absolute atomic E-state index is 13.4. The zero-order valence-corrected chi connectivity index (χ0v) is 18.0. The number of sulfonamides is 1. The highest BCUT2D eigenvalue weighted by molar-refractivity contribution is 7.89. The number of benzene rings is 1. The first-order valence-corrected chi connectivity index (χ1v) is 11.2. The first kappa shape index (κ1) is 21.5. The normalized spacial score (nSPS) is 26.1. The summed E-state index contributed by atoms with van der Waals surface area (Å²) in [6.07, 6.45) is 4.32. The molecule has 2 amide bonds. The monoisotopic (exact) mass is 416 g/mol. The van der Waals surface area contributed by atoms with Crippen LogP contribution in [0.4, 0.5) is 5.69 Å². The van der Waals surface area contributed by atoms with E-state index in [1.54, 1.807) is 12.1 Å². The Morgan fingerprint density at radius 1 is 1.17 bits per heavy atom. The van der Waals surface area contributed by atoms with Gasteiger partial charge in [-0.2, -0.15) is 4.31 Å². The molecule has 1 saturated carbocycles. The molecule has 1 aliphatic heterocycles. The van der Waals surface area contributed by atoms with Gasteiger partial charge in [0.15, 0.2) is 0 Å². The molecule has 2 bridgehead atoms. The Morgan fingerprint density at radius 3 is 2.38 bits per heavy atom. The van der Waals surface area contributed by atoms with Crippen LogP contribution in [0.25, 0.3) is 0 Å². The molecule has 1 aromatic rings.